The molecule has 0 unspecified atom stereocenters. The van der Waals surface area contributed by atoms with Gasteiger partial charge in [-0.3, -0.25) is 4.79 Å². The number of nitrogens with one attached hydrogen (secondary N) is 1. The Labute approximate surface area is 135 Å². The third kappa shape index (κ3) is 2.84. The van der Waals surface area contributed by atoms with Gasteiger partial charge < -0.3 is 14.5 Å². The number of hydrogen-bond donors (Lipinski definition) is 1. The third-order valence-electron chi connectivity index (χ3n) is 2.89. The number of para-hydroxylation sites is 1. The maximum Gasteiger partial charge on any atom is 0.275 e. The summed E-state index contributed by atoms with van der Waals surface area (Å²) in [6.45, 7) is 0. The molecule has 0 saturated heterocycles. The SMILES string of the molecule is COc1c(Cl)cccc1NC(=O)c1csc(-c2ccco2)n1. The van der Waals surface area contributed by atoms with Gasteiger partial charge in [-0.1, -0.05) is 17.7 Å². The summed E-state index contributed by atoms with van der Waals surface area (Å²) in [5.74, 6) is 0.706. The lowest BCUT2D eigenvalue weighted by molar-refractivity contribution is 0.102. The molecule has 1 aromatic carbocycles. The minimum absolute atomic E-state index is 0.304. The van der Waals surface area contributed by atoms with Crippen molar-refractivity contribution in [3.8, 4) is 16.5 Å². The van der Waals surface area contributed by atoms with Gasteiger partial charge >= 0.3 is 0 Å². The summed E-state index contributed by atoms with van der Waals surface area (Å²) < 4.78 is 10.5. The smallest absolute Gasteiger partial charge is 0.275 e. The van der Waals surface area contributed by atoms with Crippen LogP contribution in [0.3, 0.4) is 0 Å². The molecular weight excluding hydrogens is 324 g/mol. The lowest BCUT2D eigenvalue weighted by Gasteiger charge is -2.10. The lowest BCUT2D eigenvalue weighted by Crippen LogP contribution is -2.13. The Morgan fingerprint density at radius 1 is 1.36 bits per heavy atom. The van der Waals surface area contributed by atoms with E-state index < -0.39 is 0 Å². The number of anilines is 1. The van der Waals surface area contributed by atoms with E-state index in [9.17, 15) is 4.79 Å². The molecule has 2 aromatic heterocycles. The maximum absolute atomic E-state index is 12.3. The number of aromatic nitrogens is 1. The van der Waals surface area contributed by atoms with Crippen LogP contribution in [0.25, 0.3) is 10.8 Å². The molecule has 112 valence electrons. The summed E-state index contributed by atoms with van der Waals surface area (Å²) in [5.41, 5.74) is 0.797. The predicted octanol–water partition coefficient (Wildman–Crippen LogP) is 4.32. The zero-order chi connectivity index (χ0) is 15.5. The van der Waals surface area contributed by atoms with Gasteiger partial charge in [0.15, 0.2) is 16.5 Å². The topological polar surface area (TPSA) is 64.4 Å². The fraction of sp³-hybridized carbons (Fsp3) is 0.0667. The molecule has 0 fully saturated rings. The van der Waals surface area contributed by atoms with Gasteiger partial charge in [-0.25, -0.2) is 4.98 Å². The fourth-order valence-electron chi connectivity index (χ4n) is 1.89. The number of carbonyl (C=O) groups is 1. The van der Waals surface area contributed by atoms with Gasteiger partial charge in [0, 0.05) is 5.38 Å². The molecule has 0 atom stereocenters. The first kappa shape index (κ1) is 14.6. The van der Waals surface area contributed by atoms with Crippen molar-refractivity contribution in [1.29, 1.82) is 0 Å². The second-order valence-electron chi connectivity index (χ2n) is 4.29. The molecule has 2 heterocycles. The zero-order valence-corrected chi connectivity index (χ0v) is 13.1. The van der Waals surface area contributed by atoms with Crippen molar-refractivity contribution in [1.82, 2.24) is 4.98 Å². The van der Waals surface area contributed by atoms with Crippen LogP contribution < -0.4 is 10.1 Å². The number of furan rings is 1. The predicted molar refractivity (Wildman–Crippen MR) is 85.8 cm³/mol. The van der Waals surface area contributed by atoms with Crippen LogP contribution in [0.2, 0.25) is 5.02 Å². The number of halogens is 1. The molecule has 0 saturated carbocycles. The van der Waals surface area contributed by atoms with Gasteiger partial charge in [0.25, 0.3) is 5.91 Å². The highest BCUT2D eigenvalue weighted by Gasteiger charge is 2.16. The van der Waals surface area contributed by atoms with Gasteiger partial charge in [0.1, 0.15) is 5.69 Å². The number of nitrogens with zero attached hydrogens (tertiary/aromatic N) is 1. The Balaban J connectivity index is 1.82. The Kier molecular flexibility index (Phi) is 4.13. The maximum atomic E-state index is 12.3. The number of ether oxygens (including phenoxy) is 1. The summed E-state index contributed by atoms with van der Waals surface area (Å²) in [5, 5.41) is 5.49. The highest BCUT2D eigenvalue weighted by molar-refractivity contribution is 7.13. The fourth-order valence-corrected chi connectivity index (χ4v) is 2.91. The van der Waals surface area contributed by atoms with Crippen molar-refractivity contribution in [3.63, 3.8) is 0 Å². The molecule has 0 radical (unpaired) electrons. The molecule has 0 bridgehead atoms. The Morgan fingerprint density at radius 2 is 2.23 bits per heavy atom. The largest absolute Gasteiger partial charge is 0.493 e. The summed E-state index contributed by atoms with van der Waals surface area (Å²) in [7, 11) is 1.49. The average Bonchev–Trinajstić information content (AvgIpc) is 3.18. The van der Waals surface area contributed by atoms with Crippen molar-refractivity contribution in [2.75, 3.05) is 12.4 Å². The summed E-state index contributed by atoms with van der Waals surface area (Å²) in [6.07, 6.45) is 1.56. The lowest BCUT2D eigenvalue weighted by atomic mass is 10.3. The van der Waals surface area contributed by atoms with Crippen LogP contribution in [0.1, 0.15) is 10.5 Å². The van der Waals surface area contributed by atoms with E-state index in [-0.39, 0.29) is 5.91 Å². The number of rotatable bonds is 4. The van der Waals surface area contributed by atoms with E-state index in [2.05, 4.69) is 10.3 Å². The zero-order valence-electron chi connectivity index (χ0n) is 11.5. The van der Waals surface area contributed by atoms with E-state index in [1.807, 2.05) is 0 Å². The third-order valence-corrected chi connectivity index (χ3v) is 4.04. The molecular formula is C15H11ClN2O3S. The van der Waals surface area contributed by atoms with Gasteiger partial charge in [-0.15, -0.1) is 11.3 Å². The molecule has 3 rings (SSSR count). The molecule has 0 spiro atoms. The first-order valence-corrected chi connectivity index (χ1v) is 7.58. The number of benzene rings is 1. The van der Waals surface area contributed by atoms with Crippen LogP contribution in [0.15, 0.2) is 46.4 Å². The van der Waals surface area contributed by atoms with Gasteiger partial charge in [0.2, 0.25) is 0 Å². The van der Waals surface area contributed by atoms with Crippen LogP contribution in [0.4, 0.5) is 5.69 Å². The quantitative estimate of drug-likeness (QED) is 0.771. The van der Waals surface area contributed by atoms with Crippen LogP contribution in [0, 0.1) is 0 Å². The van der Waals surface area contributed by atoms with E-state index in [1.165, 1.54) is 18.4 Å². The number of amides is 1. The van der Waals surface area contributed by atoms with Crippen LogP contribution in [0.5, 0.6) is 5.75 Å². The average molecular weight is 335 g/mol. The van der Waals surface area contributed by atoms with Crippen molar-refractivity contribution >= 4 is 34.5 Å². The van der Waals surface area contributed by atoms with Crippen molar-refractivity contribution in [2.45, 2.75) is 0 Å². The second-order valence-corrected chi connectivity index (χ2v) is 5.56. The number of carbonyl (C=O) groups excluding carboxylic acids is 1. The number of thiazole rings is 1. The normalized spacial score (nSPS) is 10.5. The highest BCUT2D eigenvalue weighted by atomic mass is 35.5. The first-order valence-electron chi connectivity index (χ1n) is 6.32. The molecule has 22 heavy (non-hydrogen) atoms. The van der Waals surface area contributed by atoms with Crippen LogP contribution >= 0.6 is 22.9 Å². The standard InChI is InChI=1S/C15H11ClN2O3S/c1-20-13-9(16)4-2-5-10(13)17-14(19)11-8-22-15(18-11)12-6-3-7-21-12/h2-8H,1H3,(H,17,19). The monoisotopic (exact) mass is 334 g/mol. The van der Waals surface area contributed by atoms with Gasteiger partial charge in [0.05, 0.1) is 24.1 Å². The molecule has 5 nitrogen and oxygen atoms in total. The molecule has 3 aromatic rings. The molecule has 0 aliphatic rings. The van der Waals surface area contributed by atoms with Crippen molar-refractivity contribution in [2.24, 2.45) is 0 Å². The van der Waals surface area contributed by atoms with Crippen molar-refractivity contribution in [3.05, 3.63) is 52.7 Å². The number of hydrogen-bond acceptors (Lipinski definition) is 5. The number of methoxy groups -OCH3 is 1. The van der Waals surface area contributed by atoms with E-state index in [1.54, 1.807) is 42.0 Å². The highest BCUT2D eigenvalue weighted by Crippen LogP contribution is 2.33. The van der Waals surface area contributed by atoms with Crippen molar-refractivity contribution < 1.29 is 13.9 Å². The minimum atomic E-state index is -0.338. The Bertz CT molecular complexity index is 799. The molecule has 0 aliphatic carbocycles. The van der Waals surface area contributed by atoms with Crippen LogP contribution in [-0.4, -0.2) is 18.0 Å². The second kappa shape index (κ2) is 6.21. The minimum Gasteiger partial charge on any atom is -0.493 e. The van der Waals surface area contributed by atoms with Gasteiger partial charge in [-0.2, -0.15) is 0 Å². The van der Waals surface area contributed by atoms with Gasteiger partial charge in [-0.05, 0) is 24.3 Å². The molecule has 7 heteroatoms. The summed E-state index contributed by atoms with van der Waals surface area (Å²) >= 11 is 7.36. The van der Waals surface area contributed by atoms with Crippen LogP contribution in [-0.2, 0) is 0 Å². The summed E-state index contributed by atoms with van der Waals surface area (Å²) in [4.78, 5) is 16.5. The summed E-state index contributed by atoms with van der Waals surface area (Å²) in [6, 6.07) is 8.69. The molecule has 1 N–H and O–H groups in total. The van der Waals surface area contributed by atoms with E-state index in [0.717, 1.165) is 0 Å². The Morgan fingerprint density at radius 3 is 2.95 bits per heavy atom. The molecule has 1 amide bonds. The van der Waals surface area contributed by atoms with E-state index in [4.69, 9.17) is 20.8 Å². The van der Waals surface area contributed by atoms with E-state index in [0.29, 0.717) is 32.9 Å². The van der Waals surface area contributed by atoms with E-state index >= 15 is 0 Å². The molecule has 0 aliphatic heterocycles. The first-order chi connectivity index (χ1) is 10.7. The Hall–Kier alpha value is -2.31.